The Bertz CT molecular complexity index is 123. The number of hydrogen-bond acceptors (Lipinski definition) is 1. The molecule has 0 N–H and O–H groups in total. The van der Waals surface area contributed by atoms with Crippen LogP contribution in [0.25, 0.3) is 0 Å². The molecule has 0 aromatic heterocycles. The fourth-order valence-electron chi connectivity index (χ4n) is 0.140. The molecule has 0 heterocycles. The maximum atomic E-state index is 11.6. The molecule has 0 spiro atoms. The molecule has 0 rings (SSSR count). The lowest BCUT2D eigenvalue weighted by molar-refractivity contribution is 0.634. The van der Waals surface area contributed by atoms with E-state index >= 15 is 0 Å². The Hall–Kier alpha value is -0.440. The SMILES string of the molecule is C=C(Br)C=NC(=C)F. The minimum absolute atomic E-state index is 0.524. The molecule has 44 valence electrons. The summed E-state index contributed by atoms with van der Waals surface area (Å²) in [6, 6.07) is 0. The summed E-state index contributed by atoms with van der Waals surface area (Å²) < 4.78 is 12.1. The Morgan fingerprint density at radius 3 is 2.25 bits per heavy atom. The zero-order valence-corrected chi connectivity index (χ0v) is 5.78. The highest BCUT2D eigenvalue weighted by molar-refractivity contribution is 9.12. The van der Waals surface area contributed by atoms with Gasteiger partial charge in [0.05, 0.1) is 0 Å². The molecule has 0 unspecified atom stereocenters. The van der Waals surface area contributed by atoms with Gasteiger partial charge in [0.1, 0.15) is 0 Å². The van der Waals surface area contributed by atoms with Crippen molar-refractivity contribution in [3.05, 3.63) is 23.6 Å². The summed E-state index contributed by atoms with van der Waals surface area (Å²) in [5.41, 5.74) is 0. The number of halogens is 2. The molecule has 0 aromatic carbocycles. The molecule has 0 aliphatic heterocycles. The normalized spacial score (nSPS) is 9.75. The first-order valence-electron chi connectivity index (χ1n) is 1.86. The van der Waals surface area contributed by atoms with Crippen molar-refractivity contribution in [2.24, 2.45) is 4.99 Å². The van der Waals surface area contributed by atoms with Crippen LogP contribution in [-0.4, -0.2) is 6.21 Å². The second kappa shape index (κ2) is 3.55. The van der Waals surface area contributed by atoms with Gasteiger partial charge in [-0.1, -0.05) is 6.58 Å². The van der Waals surface area contributed by atoms with E-state index in [-0.39, 0.29) is 0 Å². The Kier molecular flexibility index (Phi) is 3.35. The Balaban J connectivity index is 3.67. The third-order valence-electron chi connectivity index (χ3n) is 0.345. The zero-order valence-electron chi connectivity index (χ0n) is 4.19. The van der Waals surface area contributed by atoms with Gasteiger partial charge in [0.2, 0.25) is 5.95 Å². The van der Waals surface area contributed by atoms with Crippen LogP contribution in [-0.2, 0) is 0 Å². The van der Waals surface area contributed by atoms with Crippen molar-refractivity contribution < 1.29 is 4.39 Å². The largest absolute Gasteiger partial charge is 0.228 e. The van der Waals surface area contributed by atoms with Crippen LogP contribution in [0.4, 0.5) is 4.39 Å². The number of rotatable bonds is 2. The molecule has 8 heavy (non-hydrogen) atoms. The van der Waals surface area contributed by atoms with Gasteiger partial charge >= 0.3 is 0 Å². The van der Waals surface area contributed by atoms with Crippen molar-refractivity contribution >= 4 is 22.1 Å². The van der Waals surface area contributed by atoms with E-state index in [1.807, 2.05) is 0 Å². The van der Waals surface area contributed by atoms with Crippen LogP contribution in [0.3, 0.4) is 0 Å². The van der Waals surface area contributed by atoms with Crippen molar-refractivity contribution in [3.8, 4) is 0 Å². The van der Waals surface area contributed by atoms with Crippen LogP contribution in [0, 0.1) is 0 Å². The molecule has 3 heteroatoms. The highest BCUT2D eigenvalue weighted by Crippen LogP contribution is 1.98. The summed E-state index contributed by atoms with van der Waals surface area (Å²) in [7, 11) is 0. The lowest BCUT2D eigenvalue weighted by atomic mass is 10.7. The lowest BCUT2D eigenvalue weighted by Gasteiger charge is -1.79. The van der Waals surface area contributed by atoms with Crippen LogP contribution in [0.5, 0.6) is 0 Å². The second-order valence-electron chi connectivity index (χ2n) is 1.08. The number of allylic oxidation sites excluding steroid dienone is 1. The average Bonchev–Trinajstić information content (AvgIpc) is 1.61. The predicted molar refractivity (Wildman–Crippen MR) is 36.8 cm³/mol. The first-order chi connectivity index (χ1) is 3.63. The predicted octanol–water partition coefficient (Wildman–Crippen LogP) is 2.41. The van der Waals surface area contributed by atoms with Crippen LogP contribution in [0.2, 0.25) is 0 Å². The van der Waals surface area contributed by atoms with Gasteiger partial charge in [-0.25, -0.2) is 4.99 Å². The molecule has 0 saturated heterocycles. The van der Waals surface area contributed by atoms with E-state index in [4.69, 9.17) is 0 Å². The van der Waals surface area contributed by atoms with Gasteiger partial charge in [-0.2, -0.15) is 4.39 Å². The van der Waals surface area contributed by atoms with Gasteiger partial charge in [-0.3, -0.25) is 0 Å². The summed E-state index contributed by atoms with van der Waals surface area (Å²) in [6.07, 6.45) is 1.24. The third kappa shape index (κ3) is 5.56. The van der Waals surface area contributed by atoms with Crippen molar-refractivity contribution in [2.45, 2.75) is 0 Å². The van der Waals surface area contributed by atoms with Gasteiger partial charge in [0.25, 0.3) is 0 Å². The summed E-state index contributed by atoms with van der Waals surface area (Å²) in [6.45, 7) is 6.29. The Morgan fingerprint density at radius 2 is 2.12 bits per heavy atom. The van der Waals surface area contributed by atoms with E-state index < -0.39 is 5.95 Å². The van der Waals surface area contributed by atoms with E-state index in [1.165, 1.54) is 6.21 Å². The maximum Gasteiger partial charge on any atom is 0.205 e. The van der Waals surface area contributed by atoms with Gasteiger partial charge in [0, 0.05) is 10.7 Å². The monoisotopic (exact) mass is 177 g/mol. The number of nitrogens with zero attached hydrogens (tertiary/aromatic N) is 1. The molecule has 1 nitrogen and oxygen atoms in total. The first kappa shape index (κ1) is 7.56. The molecular formula is C5H5BrFN. The third-order valence-corrected chi connectivity index (χ3v) is 0.549. The summed E-state index contributed by atoms with van der Waals surface area (Å²) in [5.74, 6) is -0.717. The topological polar surface area (TPSA) is 12.4 Å². The number of aliphatic imine (C=N–C) groups is 1. The van der Waals surface area contributed by atoms with Gasteiger partial charge in [-0.15, -0.1) is 0 Å². The quantitative estimate of drug-likeness (QED) is 0.454. The average molecular weight is 178 g/mol. The smallest absolute Gasteiger partial charge is 0.205 e. The van der Waals surface area contributed by atoms with Crippen LogP contribution < -0.4 is 0 Å². The first-order valence-corrected chi connectivity index (χ1v) is 2.65. The van der Waals surface area contributed by atoms with Crippen molar-refractivity contribution in [1.82, 2.24) is 0 Å². The minimum Gasteiger partial charge on any atom is -0.228 e. The fraction of sp³-hybridized carbons (Fsp3) is 0. The molecule has 0 aliphatic carbocycles. The summed E-state index contributed by atoms with van der Waals surface area (Å²) >= 11 is 2.95. The standard InChI is InChI=1S/C5H5BrFN/c1-4(6)3-8-5(2)7/h3H,1-2H2. The van der Waals surface area contributed by atoms with Crippen LogP contribution in [0.1, 0.15) is 0 Å². The van der Waals surface area contributed by atoms with Gasteiger partial charge in [0.15, 0.2) is 0 Å². The van der Waals surface area contributed by atoms with E-state index in [9.17, 15) is 4.39 Å². The fourth-order valence-corrected chi connectivity index (χ4v) is 0.242. The van der Waals surface area contributed by atoms with Crippen LogP contribution >= 0.6 is 15.9 Å². The van der Waals surface area contributed by atoms with Crippen molar-refractivity contribution in [2.75, 3.05) is 0 Å². The lowest BCUT2D eigenvalue weighted by Crippen LogP contribution is -1.67. The molecule has 0 fully saturated rings. The molecule has 0 amide bonds. The molecular weight excluding hydrogens is 173 g/mol. The van der Waals surface area contributed by atoms with Gasteiger partial charge in [-0.05, 0) is 22.5 Å². The molecule has 0 aliphatic rings. The molecule has 0 saturated carbocycles. The minimum atomic E-state index is -0.717. The highest BCUT2D eigenvalue weighted by Gasteiger charge is 1.78. The Morgan fingerprint density at radius 1 is 1.62 bits per heavy atom. The van der Waals surface area contributed by atoms with Crippen molar-refractivity contribution in [3.63, 3.8) is 0 Å². The van der Waals surface area contributed by atoms with Crippen LogP contribution in [0.15, 0.2) is 28.6 Å². The second-order valence-corrected chi connectivity index (χ2v) is 2.10. The maximum absolute atomic E-state index is 11.6. The van der Waals surface area contributed by atoms with E-state index in [0.717, 1.165) is 0 Å². The zero-order chi connectivity index (χ0) is 6.57. The number of hydrogen-bond donors (Lipinski definition) is 0. The van der Waals surface area contributed by atoms with E-state index in [2.05, 4.69) is 34.1 Å². The van der Waals surface area contributed by atoms with Crippen molar-refractivity contribution in [1.29, 1.82) is 0 Å². The molecule has 0 bridgehead atoms. The molecule has 0 radical (unpaired) electrons. The molecule has 0 atom stereocenters. The van der Waals surface area contributed by atoms with E-state index in [1.54, 1.807) is 0 Å². The molecule has 0 aromatic rings. The summed E-state index contributed by atoms with van der Waals surface area (Å²) in [4.78, 5) is 3.19. The van der Waals surface area contributed by atoms with Gasteiger partial charge < -0.3 is 0 Å². The Labute approximate surface area is 55.7 Å². The highest BCUT2D eigenvalue weighted by atomic mass is 79.9. The summed E-state index contributed by atoms with van der Waals surface area (Å²) in [5, 5.41) is 0. The van der Waals surface area contributed by atoms with E-state index in [0.29, 0.717) is 4.48 Å².